The number of aromatic nitrogens is 2. The van der Waals surface area contributed by atoms with Gasteiger partial charge in [-0.3, -0.25) is 13.9 Å². The number of fused-ring (bicyclic) bond motifs is 5. The number of urea groups is 1. The Morgan fingerprint density at radius 3 is 2.52 bits per heavy atom. The lowest BCUT2D eigenvalue weighted by molar-refractivity contribution is -0.126. The number of anilines is 1. The van der Waals surface area contributed by atoms with E-state index in [1.165, 1.54) is 16.2 Å². The van der Waals surface area contributed by atoms with Crippen molar-refractivity contribution in [2.75, 3.05) is 25.5 Å². The van der Waals surface area contributed by atoms with Crippen LogP contribution in [-0.4, -0.2) is 52.2 Å². The maximum atomic E-state index is 12.9. The molecule has 0 saturated carbocycles. The number of nitrogens with zero attached hydrogens (tertiary/aromatic N) is 3. The summed E-state index contributed by atoms with van der Waals surface area (Å²) in [6.07, 6.45) is 1.70. The van der Waals surface area contributed by atoms with E-state index in [1.807, 2.05) is 0 Å². The summed E-state index contributed by atoms with van der Waals surface area (Å²) in [5.41, 5.74) is 1.77. The number of carbonyl (C=O) groups is 2. The third-order valence-electron chi connectivity index (χ3n) is 5.58. The Labute approximate surface area is 155 Å². The third-order valence-corrected chi connectivity index (χ3v) is 5.58. The fourth-order valence-corrected chi connectivity index (χ4v) is 4.00. The number of ether oxygens (including phenoxy) is 1. The predicted molar refractivity (Wildman–Crippen MR) is 100.0 cm³/mol. The van der Waals surface area contributed by atoms with Crippen LogP contribution in [0.3, 0.4) is 0 Å². The first-order valence-corrected chi connectivity index (χ1v) is 8.98. The van der Waals surface area contributed by atoms with Gasteiger partial charge >= 0.3 is 11.7 Å². The summed E-state index contributed by atoms with van der Waals surface area (Å²) in [5, 5.41) is 5.85. The van der Waals surface area contributed by atoms with Crippen molar-refractivity contribution in [3.8, 4) is 5.75 Å². The van der Waals surface area contributed by atoms with Crippen LogP contribution < -0.4 is 21.1 Å². The molecule has 3 saturated heterocycles. The van der Waals surface area contributed by atoms with E-state index < -0.39 is 0 Å². The van der Waals surface area contributed by atoms with Crippen LogP contribution in [0.5, 0.6) is 5.75 Å². The SMILES string of the molecule is COc1cc2c(cc1NC(=O)N1C[C@H]3CC[C@@H](C1)C(=O)N3)n(C)c(=O)n2C. The van der Waals surface area contributed by atoms with E-state index >= 15 is 0 Å². The number of amides is 3. The molecule has 2 atom stereocenters. The van der Waals surface area contributed by atoms with E-state index in [4.69, 9.17) is 4.74 Å². The smallest absolute Gasteiger partial charge is 0.328 e. The van der Waals surface area contributed by atoms with E-state index in [0.717, 1.165) is 18.4 Å². The maximum absolute atomic E-state index is 12.9. The molecule has 2 bridgehead atoms. The van der Waals surface area contributed by atoms with Gasteiger partial charge in [0.15, 0.2) is 0 Å². The number of hydrogen-bond acceptors (Lipinski definition) is 4. The Hall–Kier alpha value is -2.97. The summed E-state index contributed by atoms with van der Waals surface area (Å²) in [7, 11) is 4.90. The molecule has 9 heteroatoms. The molecule has 0 unspecified atom stereocenters. The van der Waals surface area contributed by atoms with Gasteiger partial charge in [0.05, 0.1) is 29.7 Å². The van der Waals surface area contributed by atoms with Crippen molar-refractivity contribution in [1.82, 2.24) is 19.4 Å². The number of aryl methyl sites for hydroxylation is 2. The molecule has 0 radical (unpaired) electrons. The first-order chi connectivity index (χ1) is 12.9. The molecule has 144 valence electrons. The van der Waals surface area contributed by atoms with Crippen molar-refractivity contribution in [2.24, 2.45) is 20.0 Å². The van der Waals surface area contributed by atoms with Gasteiger partial charge in [-0.05, 0) is 18.9 Å². The van der Waals surface area contributed by atoms with Gasteiger partial charge in [-0.2, -0.15) is 0 Å². The van der Waals surface area contributed by atoms with Crippen LogP contribution in [-0.2, 0) is 18.9 Å². The number of carbonyl (C=O) groups excluding carboxylic acids is 2. The quantitative estimate of drug-likeness (QED) is 0.807. The second-order valence-corrected chi connectivity index (χ2v) is 7.26. The molecule has 3 aliphatic rings. The zero-order valence-corrected chi connectivity index (χ0v) is 15.6. The second-order valence-electron chi connectivity index (χ2n) is 7.26. The standard InChI is InChI=1S/C18H23N5O4/c1-21-13-6-12(15(27-3)7-14(13)22(2)18(21)26)20-17(25)23-8-10-4-5-11(9-23)19-16(10)24/h6-7,10-11H,4-5,8-9H2,1-3H3,(H,19,24)(H,20,25)/t10-,11+/m0/s1. The molecule has 5 rings (SSSR count). The van der Waals surface area contributed by atoms with Crippen LogP contribution in [0.4, 0.5) is 10.5 Å². The maximum Gasteiger partial charge on any atom is 0.328 e. The first-order valence-electron chi connectivity index (χ1n) is 8.98. The van der Waals surface area contributed by atoms with E-state index in [1.54, 1.807) is 31.1 Å². The predicted octanol–water partition coefficient (Wildman–Crippen LogP) is 0.628. The molecule has 2 N–H and O–H groups in total. The number of methoxy groups -OCH3 is 1. The Kier molecular flexibility index (Phi) is 4.09. The highest BCUT2D eigenvalue weighted by Gasteiger charge is 2.36. The van der Waals surface area contributed by atoms with Gasteiger partial charge in [-0.1, -0.05) is 0 Å². The third kappa shape index (κ3) is 2.83. The molecule has 3 amide bonds. The topological polar surface area (TPSA) is 97.6 Å². The summed E-state index contributed by atoms with van der Waals surface area (Å²) in [4.78, 5) is 38.7. The van der Waals surface area contributed by atoms with E-state index in [-0.39, 0.29) is 29.6 Å². The van der Waals surface area contributed by atoms with Gasteiger partial charge in [0.1, 0.15) is 5.75 Å². The minimum atomic E-state index is -0.276. The molecule has 3 fully saturated rings. The Balaban J connectivity index is 1.64. The molecule has 3 aliphatic heterocycles. The fourth-order valence-electron chi connectivity index (χ4n) is 4.00. The van der Waals surface area contributed by atoms with E-state index in [0.29, 0.717) is 30.0 Å². The number of imidazole rings is 1. The van der Waals surface area contributed by atoms with E-state index in [9.17, 15) is 14.4 Å². The van der Waals surface area contributed by atoms with Crippen LogP contribution in [0.25, 0.3) is 11.0 Å². The van der Waals surface area contributed by atoms with Crippen molar-refractivity contribution in [2.45, 2.75) is 18.9 Å². The minimum Gasteiger partial charge on any atom is -0.494 e. The van der Waals surface area contributed by atoms with Crippen molar-refractivity contribution in [3.63, 3.8) is 0 Å². The van der Waals surface area contributed by atoms with Crippen molar-refractivity contribution in [3.05, 3.63) is 22.6 Å². The van der Waals surface area contributed by atoms with E-state index in [2.05, 4.69) is 10.6 Å². The molecule has 9 nitrogen and oxygen atoms in total. The molecule has 1 aromatic carbocycles. The van der Waals surface area contributed by atoms with Crippen molar-refractivity contribution >= 4 is 28.7 Å². The lowest BCUT2D eigenvalue weighted by Gasteiger charge is -2.23. The number of piperidine rings is 1. The molecule has 0 aliphatic carbocycles. The first kappa shape index (κ1) is 17.4. The minimum absolute atomic E-state index is 0.00122. The molecule has 1 aromatic heterocycles. The number of nitrogens with one attached hydrogen (secondary N) is 2. The normalized spacial score (nSPS) is 21.9. The number of rotatable bonds is 2. The Morgan fingerprint density at radius 1 is 1.15 bits per heavy atom. The summed E-state index contributed by atoms with van der Waals surface area (Å²) in [6, 6.07) is 3.20. The monoisotopic (exact) mass is 373 g/mol. The van der Waals surface area contributed by atoms with Crippen LogP contribution in [0.15, 0.2) is 16.9 Å². The second kappa shape index (κ2) is 6.33. The number of hydrogen-bond donors (Lipinski definition) is 2. The van der Waals surface area contributed by atoms with Gasteiger partial charge in [0, 0.05) is 39.3 Å². The summed E-state index contributed by atoms with van der Waals surface area (Å²) < 4.78 is 8.48. The van der Waals surface area contributed by atoms with Gasteiger partial charge in [0.25, 0.3) is 0 Å². The van der Waals surface area contributed by atoms with Crippen LogP contribution in [0.1, 0.15) is 12.8 Å². The zero-order valence-electron chi connectivity index (χ0n) is 15.6. The molecule has 0 spiro atoms. The summed E-state index contributed by atoms with van der Waals surface area (Å²) in [5.74, 6) is 0.345. The molecule has 2 aromatic rings. The zero-order chi connectivity index (χ0) is 19.3. The summed E-state index contributed by atoms with van der Waals surface area (Å²) in [6.45, 7) is 0.894. The molecule has 27 heavy (non-hydrogen) atoms. The highest BCUT2D eigenvalue weighted by atomic mass is 16.5. The highest BCUT2D eigenvalue weighted by molar-refractivity contribution is 5.95. The molecule has 4 heterocycles. The van der Waals surface area contributed by atoms with Crippen LogP contribution in [0, 0.1) is 5.92 Å². The Bertz CT molecular complexity index is 992. The largest absolute Gasteiger partial charge is 0.494 e. The van der Waals surface area contributed by atoms with Crippen LogP contribution >= 0.6 is 0 Å². The van der Waals surface area contributed by atoms with Gasteiger partial charge in [-0.15, -0.1) is 0 Å². The van der Waals surface area contributed by atoms with Gasteiger partial charge < -0.3 is 20.3 Å². The lowest BCUT2D eigenvalue weighted by atomic mass is 9.96. The van der Waals surface area contributed by atoms with Gasteiger partial charge in [0.2, 0.25) is 5.91 Å². The highest BCUT2D eigenvalue weighted by Crippen LogP contribution is 2.30. The molecular weight excluding hydrogens is 350 g/mol. The van der Waals surface area contributed by atoms with Crippen molar-refractivity contribution in [1.29, 1.82) is 0 Å². The molecular formula is C18H23N5O4. The average Bonchev–Trinajstić information content (AvgIpc) is 2.87. The number of benzene rings is 1. The lowest BCUT2D eigenvalue weighted by Crippen LogP contribution is -2.44. The van der Waals surface area contributed by atoms with Crippen LogP contribution in [0.2, 0.25) is 0 Å². The summed E-state index contributed by atoms with van der Waals surface area (Å²) >= 11 is 0. The fraction of sp³-hybridized carbons (Fsp3) is 0.500. The van der Waals surface area contributed by atoms with Crippen molar-refractivity contribution < 1.29 is 14.3 Å². The van der Waals surface area contributed by atoms with Gasteiger partial charge in [-0.25, -0.2) is 9.59 Å². The Morgan fingerprint density at radius 2 is 1.85 bits per heavy atom. The average molecular weight is 373 g/mol.